The number of fused-ring (bicyclic) bond motifs is 2. The van der Waals surface area contributed by atoms with Gasteiger partial charge in [-0.15, -0.1) is 0 Å². The summed E-state index contributed by atoms with van der Waals surface area (Å²) < 4.78 is 0. The fourth-order valence-corrected chi connectivity index (χ4v) is 4.61. The van der Waals surface area contributed by atoms with E-state index in [4.69, 9.17) is 0 Å². The molecule has 2 bridgehead atoms. The van der Waals surface area contributed by atoms with Crippen LogP contribution in [0, 0.1) is 23.7 Å². The molecule has 3 heteroatoms. The number of nitrogens with zero attached hydrogens (tertiary/aromatic N) is 1. The number of amides is 1. The third kappa shape index (κ3) is 1.41. The highest BCUT2D eigenvalue weighted by molar-refractivity contribution is 5.80. The molecule has 3 nitrogen and oxygen atoms in total. The van der Waals surface area contributed by atoms with Crippen molar-refractivity contribution in [2.75, 3.05) is 19.6 Å². The van der Waals surface area contributed by atoms with Crippen LogP contribution in [0.3, 0.4) is 0 Å². The fraction of sp³-hybridized carbons (Fsp3) is 0.929. The summed E-state index contributed by atoms with van der Waals surface area (Å²) in [5, 5.41) is 3.54. The van der Waals surface area contributed by atoms with Gasteiger partial charge < -0.3 is 10.2 Å². The van der Waals surface area contributed by atoms with E-state index in [2.05, 4.69) is 10.2 Å². The average Bonchev–Trinajstić information content (AvgIpc) is 2.77. The molecular formula is C14H22N2O. The van der Waals surface area contributed by atoms with Crippen LogP contribution in [0.2, 0.25) is 0 Å². The molecule has 0 radical (unpaired) electrons. The molecule has 3 saturated heterocycles. The van der Waals surface area contributed by atoms with Crippen molar-refractivity contribution in [2.45, 2.75) is 38.1 Å². The summed E-state index contributed by atoms with van der Waals surface area (Å²) >= 11 is 0. The molecule has 0 aromatic heterocycles. The normalized spacial score (nSPS) is 44.6. The second-order valence-corrected chi connectivity index (χ2v) is 6.51. The molecule has 3 aliphatic heterocycles. The van der Waals surface area contributed by atoms with Crippen LogP contribution in [0.4, 0.5) is 0 Å². The predicted molar refractivity (Wildman–Crippen MR) is 65.4 cm³/mol. The summed E-state index contributed by atoms with van der Waals surface area (Å²) in [7, 11) is 0. The minimum Gasteiger partial charge on any atom is -0.339 e. The molecule has 5 rings (SSSR count). The van der Waals surface area contributed by atoms with Gasteiger partial charge in [0.25, 0.3) is 0 Å². The van der Waals surface area contributed by atoms with Gasteiger partial charge in [0.05, 0.1) is 0 Å². The van der Waals surface area contributed by atoms with Crippen molar-refractivity contribution in [3.05, 3.63) is 0 Å². The lowest BCUT2D eigenvalue weighted by atomic mass is 9.66. The molecule has 94 valence electrons. The Balaban J connectivity index is 1.56. The maximum atomic E-state index is 12.5. The minimum atomic E-state index is 0.391. The summed E-state index contributed by atoms with van der Waals surface area (Å²) in [6.07, 6.45) is 6.21. The van der Waals surface area contributed by atoms with E-state index in [9.17, 15) is 4.79 Å². The van der Waals surface area contributed by atoms with Crippen molar-refractivity contribution in [1.82, 2.24) is 10.2 Å². The Bertz CT molecular complexity index is 339. The van der Waals surface area contributed by atoms with Gasteiger partial charge in [0.2, 0.25) is 5.91 Å². The Morgan fingerprint density at radius 1 is 1.06 bits per heavy atom. The Hall–Kier alpha value is -0.570. The first kappa shape index (κ1) is 10.4. The Morgan fingerprint density at radius 3 is 2.65 bits per heavy atom. The molecule has 0 aromatic carbocycles. The number of carbonyl (C=O) groups excluding carboxylic acids is 1. The molecule has 3 heterocycles. The summed E-state index contributed by atoms with van der Waals surface area (Å²) in [5.41, 5.74) is 0. The summed E-state index contributed by atoms with van der Waals surface area (Å²) in [6.45, 7) is 3.43. The van der Waals surface area contributed by atoms with E-state index in [1.54, 1.807) is 0 Å². The van der Waals surface area contributed by atoms with E-state index < -0.39 is 0 Å². The lowest BCUT2D eigenvalue weighted by Gasteiger charge is -2.53. The first-order valence-electron chi connectivity index (χ1n) is 7.36. The van der Waals surface area contributed by atoms with Crippen LogP contribution in [-0.2, 0) is 4.79 Å². The van der Waals surface area contributed by atoms with E-state index in [-0.39, 0.29) is 0 Å². The molecular weight excluding hydrogens is 212 g/mol. The number of piperidine rings is 2. The maximum absolute atomic E-state index is 12.5. The lowest BCUT2D eigenvalue weighted by Crippen LogP contribution is -2.60. The summed E-state index contributed by atoms with van der Waals surface area (Å²) in [4.78, 5) is 14.7. The zero-order valence-electron chi connectivity index (χ0n) is 10.4. The number of hydrogen-bond donors (Lipinski definition) is 1. The number of nitrogens with one attached hydrogen (secondary N) is 1. The van der Waals surface area contributed by atoms with Crippen molar-refractivity contribution in [2.24, 2.45) is 23.7 Å². The van der Waals surface area contributed by atoms with Gasteiger partial charge in [-0.3, -0.25) is 4.79 Å². The monoisotopic (exact) mass is 234 g/mol. The van der Waals surface area contributed by atoms with Crippen LogP contribution < -0.4 is 5.32 Å². The summed E-state index contributed by atoms with van der Waals surface area (Å²) in [6, 6.07) is 0.577. The third-order valence-electron chi connectivity index (χ3n) is 5.81. The van der Waals surface area contributed by atoms with Crippen molar-refractivity contribution < 1.29 is 4.79 Å². The Morgan fingerprint density at radius 2 is 1.88 bits per heavy atom. The smallest absolute Gasteiger partial charge is 0.225 e. The van der Waals surface area contributed by atoms with Crippen LogP contribution >= 0.6 is 0 Å². The predicted octanol–water partition coefficient (Wildman–Crippen LogP) is 1.24. The Kier molecular flexibility index (Phi) is 2.26. The molecule has 5 aliphatic rings. The Labute approximate surface area is 103 Å². The molecule has 2 saturated carbocycles. The first-order valence-corrected chi connectivity index (χ1v) is 7.36. The van der Waals surface area contributed by atoms with E-state index in [1.807, 2.05) is 0 Å². The highest BCUT2D eigenvalue weighted by Gasteiger charge is 2.51. The summed E-state index contributed by atoms with van der Waals surface area (Å²) in [5.74, 6) is 3.33. The van der Waals surface area contributed by atoms with Crippen LogP contribution in [0.1, 0.15) is 32.1 Å². The van der Waals surface area contributed by atoms with Gasteiger partial charge in [-0.25, -0.2) is 0 Å². The molecule has 1 N–H and O–H groups in total. The van der Waals surface area contributed by atoms with Gasteiger partial charge in [0.15, 0.2) is 0 Å². The van der Waals surface area contributed by atoms with Crippen molar-refractivity contribution in [3.63, 3.8) is 0 Å². The largest absolute Gasteiger partial charge is 0.339 e. The van der Waals surface area contributed by atoms with Gasteiger partial charge in [0.1, 0.15) is 0 Å². The zero-order chi connectivity index (χ0) is 11.4. The van der Waals surface area contributed by atoms with Crippen molar-refractivity contribution in [3.8, 4) is 0 Å². The topological polar surface area (TPSA) is 32.3 Å². The quantitative estimate of drug-likeness (QED) is 0.740. The van der Waals surface area contributed by atoms with Crippen molar-refractivity contribution in [1.29, 1.82) is 0 Å². The SMILES string of the molecule is O=C(C1CCC1)N1C[C@H]2CC[C@H]1[C@H]1CNC[C@H]21. The van der Waals surface area contributed by atoms with Crippen LogP contribution in [0.15, 0.2) is 0 Å². The average molecular weight is 234 g/mol. The van der Waals surface area contributed by atoms with Gasteiger partial charge in [-0.1, -0.05) is 6.42 Å². The second-order valence-electron chi connectivity index (χ2n) is 6.51. The lowest BCUT2D eigenvalue weighted by molar-refractivity contribution is -0.150. The standard InChI is InChI=1S/C14H22N2O/c17-14(9-2-1-3-9)16-8-10-4-5-13(16)12-7-15-6-11(10)12/h9-13,15H,1-8H2/t10-,11-,12+,13+/m1/s1. The fourth-order valence-electron chi connectivity index (χ4n) is 4.61. The highest BCUT2D eigenvalue weighted by Crippen LogP contribution is 2.46. The molecule has 17 heavy (non-hydrogen) atoms. The van der Waals surface area contributed by atoms with Gasteiger partial charge in [-0.2, -0.15) is 0 Å². The maximum Gasteiger partial charge on any atom is 0.225 e. The third-order valence-corrected chi connectivity index (χ3v) is 5.81. The first-order chi connectivity index (χ1) is 8.34. The van der Waals surface area contributed by atoms with Gasteiger partial charge in [0, 0.05) is 25.0 Å². The molecule has 2 aliphatic carbocycles. The number of carbonyl (C=O) groups is 1. The van der Waals surface area contributed by atoms with E-state index in [1.165, 1.54) is 25.8 Å². The van der Waals surface area contributed by atoms with Crippen molar-refractivity contribution >= 4 is 5.91 Å². The molecule has 5 fully saturated rings. The highest BCUT2D eigenvalue weighted by atomic mass is 16.2. The second kappa shape index (κ2) is 3.71. The molecule has 0 aromatic rings. The molecule has 1 amide bonds. The van der Waals surface area contributed by atoms with Crippen LogP contribution in [0.5, 0.6) is 0 Å². The molecule has 4 atom stereocenters. The zero-order valence-corrected chi connectivity index (χ0v) is 10.4. The van der Waals surface area contributed by atoms with Crippen LogP contribution in [0.25, 0.3) is 0 Å². The molecule has 0 spiro atoms. The minimum absolute atomic E-state index is 0.391. The van der Waals surface area contributed by atoms with E-state index >= 15 is 0 Å². The van der Waals surface area contributed by atoms with Crippen LogP contribution in [-0.4, -0.2) is 36.5 Å². The van der Waals surface area contributed by atoms with Gasteiger partial charge in [-0.05, 0) is 50.0 Å². The molecule has 0 unspecified atom stereocenters. The van der Waals surface area contributed by atoms with Gasteiger partial charge >= 0.3 is 0 Å². The van der Waals surface area contributed by atoms with E-state index in [0.717, 1.165) is 43.7 Å². The van der Waals surface area contributed by atoms with E-state index in [0.29, 0.717) is 17.9 Å². The number of hydrogen-bond acceptors (Lipinski definition) is 2. The number of rotatable bonds is 1.